The average Bonchev–Trinajstić information content (AvgIpc) is 3.46. The average molecular weight is 521 g/mol. The van der Waals surface area contributed by atoms with Crippen molar-refractivity contribution in [3.8, 4) is 33.4 Å². The van der Waals surface area contributed by atoms with Gasteiger partial charge in [0.05, 0.1) is 5.41 Å². The molecule has 0 saturated heterocycles. The number of fused-ring (bicyclic) bond motifs is 12. The van der Waals surface area contributed by atoms with E-state index in [2.05, 4.69) is 147 Å². The molecular weight excluding hydrogens is 492 g/mol. The highest BCUT2D eigenvalue weighted by atomic mass is 14.5. The zero-order valence-electron chi connectivity index (χ0n) is 23.2. The van der Waals surface area contributed by atoms with Gasteiger partial charge in [0.15, 0.2) is 0 Å². The van der Waals surface area contributed by atoms with Gasteiger partial charge in [-0.2, -0.15) is 0 Å². The molecular formula is C41H28. The zero-order chi connectivity index (χ0) is 27.3. The maximum Gasteiger partial charge on any atom is 0.0725 e. The lowest BCUT2D eigenvalue weighted by molar-refractivity contribution is 0.793. The second-order valence-electron chi connectivity index (χ2n) is 11.9. The van der Waals surface area contributed by atoms with Gasteiger partial charge in [0.25, 0.3) is 0 Å². The molecule has 0 aliphatic heterocycles. The fourth-order valence-electron chi connectivity index (χ4n) is 7.73. The highest BCUT2D eigenvalue weighted by molar-refractivity contribution is 6.01. The van der Waals surface area contributed by atoms with Gasteiger partial charge in [0, 0.05) is 0 Å². The lowest BCUT2D eigenvalue weighted by Gasteiger charge is -2.31. The molecule has 0 heteroatoms. The summed E-state index contributed by atoms with van der Waals surface area (Å²) in [6, 6.07) is 50.6. The first kappa shape index (κ1) is 22.8. The van der Waals surface area contributed by atoms with Crippen LogP contribution in [0, 0.1) is 13.8 Å². The van der Waals surface area contributed by atoms with Crippen molar-refractivity contribution in [2.75, 3.05) is 0 Å². The Hall–Kier alpha value is -4.94. The van der Waals surface area contributed by atoms with Crippen LogP contribution in [-0.4, -0.2) is 0 Å². The van der Waals surface area contributed by atoms with E-state index in [9.17, 15) is 0 Å². The Labute approximate surface area is 240 Å². The standard InChI is InChI=1S/C41H28/c1-25-11-13-28-23-32-21-27(14-15-29(32)22-31(28)19-25)30-16-18-36-35-17-12-26(2)20-39(35)41(40(36)24-30)37-9-5-3-7-33(37)34-8-4-6-10-38(34)41/h3-24H,1-2H3. The lowest BCUT2D eigenvalue weighted by Crippen LogP contribution is -2.26. The highest BCUT2D eigenvalue weighted by Crippen LogP contribution is 2.63. The van der Waals surface area contributed by atoms with E-state index in [1.165, 1.54) is 88.3 Å². The molecule has 0 N–H and O–H groups in total. The molecule has 0 bridgehead atoms. The van der Waals surface area contributed by atoms with E-state index in [0.717, 1.165) is 0 Å². The van der Waals surface area contributed by atoms with E-state index in [1.807, 2.05) is 0 Å². The molecule has 0 saturated carbocycles. The third-order valence-corrected chi connectivity index (χ3v) is 9.53. The summed E-state index contributed by atoms with van der Waals surface area (Å²) >= 11 is 0. The minimum absolute atomic E-state index is 0.315. The molecule has 2 aliphatic carbocycles. The number of hydrogen-bond donors (Lipinski definition) is 0. The molecule has 0 fully saturated rings. The monoisotopic (exact) mass is 520 g/mol. The fraction of sp³-hybridized carbons (Fsp3) is 0.0732. The molecule has 7 aromatic carbocycles. The molecule has 0 nitrogen and oxygen atoms in total. The first-order valence-corrected chi connectivity index (χ1v) is 14.5. The zero-order valence-corrected chi connectivity index (χ0v) is 23.2. The maximum absolute atomic E-state index is 2.48. The second kappa shape index (κ2) is 8.05. The maximum atomic E-state index is 2.48. The Bertz CT molecular complexity index is 2180. The summed E-state index contributed by atoms with van der Waals surface area (Å²) in [7, 11) is 0. The minimum atomic E-state index is -0.315. The molecule has 9 rings (SSSR count). The van der Waals surface area contributed by atoms with Crippen molar-refractivity contribution < 1.29 is 0 Å². The van der Waals surface area contributed by atoms with Crippen LogP contribution in [0.25, 0.3) is 54.9 Å². The van der Waals surface area contributed by atoms with E-state index in [0.29, 0.717) is 0 Å². The number of hydrogen-bond acceptors (Lipinski definition) is 0. The van der Waals surface area contributed by atoms with Crippen LogP contribution in [0.15, 0.2) is 133 Å². The van der Waals surface area contributed by atoms with Gasteiger partial charge in [0.1, 0.15) is 0 Å². The van der Waals surface area contributed by atoms with E-state index in [-0.39, 0.29) is 5.41 Å². The molecule has 41 heavy (non-hydrogen) atoms. The fourth-order valence-corrected chi connectivity index (χ4v) is 7.73. The van der Waals surface area contributed by atoms with Crippen LogP contribution >= 0.6 is 0 Å². The van der Waals surface area contributed by atoms with Crippen molar-refractivity contribution in [3.63, 3.8) is 0 Å². The molecule has 0 unspecified atom stereocenters. The van der Waals surface area contributed by atoms with Crippen LogP contribution < -0.4 is 0 Å². The van der Waals surface area contributed by atoms with Crippen molar-refractivity contribution in [2.24, 2.45) is 0 Å². The Kier molecular flexibility index (Phi) is 4.49. The number of aryl methyl sites for hydroxylation is 2. The van der Waals surface area contributed by atoms with Gasteiger partial charge in [-0.25, -0.2) is 0 Å². The Morgan fingerprint density at radius 3 is 1.56 bits per heavy atom. The van der Waals surface area contributed by atoms with Crippen molar-refractivity contribution >= 4 is 21.5 Å². The van der Waals surface area contributed by atoms with Gasteiger partial charge in [0.2, 0.25) is 0 Å². The van der Waals surface area contributed by atoms with Crippen LogP contribution in [0.5, 0.6) is 0 Å². The van der Waals surface area contributed by atoms with Crippen LogP contribution in [0.1, 0.15) is 33.4 Å². The van der Waals surface area contributed by atoms with Crippen LogP contribution in [0.3, 0.4) is 0 Å². The largest absolute Gasteiger partial charge is 0.0725 e. The SMILES string of the molecule is Cc1ccc2c(c1)C1(c3ccccc3-c3ccccc31)c1cc(-c3ccc4cc5cc(C)ccc5cc4c3)ccc1-2. The molecule has 0 atom stereocenters. The predicted molar refractivity (Wildman–Crippen MR) is 173 cm³/mol. The second-order valence-corrected chi connectivity index (χ2v) is 11.9. The smallest absolute Gasteiger partial charge is 0.0619 e. The van der Waals surface area contributed by atoms with Gasteiger partial charge in [-0.1, -0.05) is 120 Å². The minimum Gasteiger partial charge on any atom is -0.0619 e. The molecule has 2 aliphatic rings. The molecule has 1 spiro atoms. The van der Waals surface area contributed by atoms with Gasteiger partial charge in [-0.05, 0) is 115 Å². The summed E-state index contributed by atoms with van der Waals surface area (Å²) in [5.41, 5.74) is 15.8. The van der Waals surface area contributed by atoms with Crippen LogP contribution in [0.4, 0.5) is 0 Å². The first-order chi connectivity index (χ1) is 20.1. The summed E-state index contributed by atoms with van der Waals surface area (Å²) in [6.45, 7) is 4.38. The summed E-state index contributed by atoms with van der Waals surface area (Å²) in [5.74, 6) is 0. The summed E-state index contributed by atoms with van der Waals surface area (Å²) in [4.78, 5) is 0. The third-order valence-electron chi connectivity index (χ3n) is 9.53. The highest BCUT2D eigenvalue weighted by Gasteiger charge is 2.51. The number of benzene rings is 7. The Morgan fingerprint density at radius 2 is 0.829 bits per heavy atom. The quantitative estimate of drug-likeness (QED) is 0.189. The Morgan fingerprint density at radius 1 is 0.341 bits per heavy atom. The third kappa shape index (κ3) is 3.00. The molecule has 0 aromatic heterocycles. The summed E-state index contributed by atoms with van der Waals surface area (Å²) in [6.07, 6.45) is 0. The van der Waals surface area contributed by atoms with Gasteiger partial charge >= 0.3 is 0 Å². The van der Waals surface area contributed by atoms with Crippen molar-refractivity contribution in [2.45, 2.75) is 19.3 Å². The van der Waals surface area contributed by atoms with E-state index < -0.39 is 0 Å². The molecule has 192 valence electrons. The molecule has 7 aromatic rings. The lowest BCUT2D eigenvalue weighted by atomic mass is 9.70. The van der Waals surface area contributed by atoms with Gasteiger partial charge < -0.3 is 0 Å². The summed E-state index contributed by atoms with van der Waals surface area (Å²) in [5, 5.41) is 5.16. The Balaban J connectivity index is 1.32. The van der Waals surface area contributed by atoms with Crippen molar-refractivity contribution in [1.82, 2.24) is 0 Å². The van der Waals surface area contributed by atoms with Crippen LogP contribution in [-0.2, 0) is 5.41 Å². The topological polar surface area (TPSA) is 0 Å². The predicted octanol–water partition coefficient (Wildman–Crippen LogP) is 10.6. The normalized spacial score (nSPS) is 13.8. The van der Waals surface area contributed by atoms with Gasteiger partial charge in [-0.15, -0.1) is 0 Å². The van der Waals surface area contributed by atoms with Crippen molar-refractivity contribution in [3.05, 3.63) is 167 Å². The van der Waals surface area contributed by atoms with E-state index >= 15 is 0 Å². The first-order valence-electron chi connectivity index (χ1n) is 14.5. The number of rotatable bonds is 1. The van der Waals surface area contributed by atoms with E-state index in [1.54, 1.807) is 0 Å². The molecule has 0 amide bonds. The van der Waals surface area contributed by atoms with Gasteiger partial charge in [-0.3, -0.25) is 0 Å². The summed E-state index contributed by atoms with van der Waals surface area (Å²) < 4.78 is 0. The van der Waals surface area contributed by atoms with E-state index in [4.69, 9.17) is 0 Å². The van der Waals surface area contributed by atoms with Crippen LogP contribution in [0.2, 0.25) is 0 Å². The van der Waals surface area contributed by atoms with Crippen molar-refractivity contribution in [1.29, 1.82) is 0 Å². The molecule has 0 radical (unpaired) electrons. The molecule has 0 heterocycles.